The number of rotatable bonds is 8. The third kappa shape index (κ3) is 5.53. The molecule has 2 heteroatoms. The van der Waals surface area contributed by atoms with Crippen molar-refractivity contribution in [1.82, 2.24) is 5.32 Å². The third-order valence-corrected chi connectivity index (χ3v) is 4.02. The Balaban J connectivity index is 1.96. The van der Waals surface area contributed by atoms with Crippen molar-refractivity contribution in [3.05, 3.63) is 70.7 Å². The molecule has 2 rings (SSSR count). The summed E-state index contributed by atoms with van der Waals surface area (Å²) in [6.07, 6.45) is 5.01. The number of unbranched alkanes of at least 4 members (excludes halogenated alkanes) is 2. The van der Waals surface area contributed by atoms with Gasteiger partial charge < -0.3 is 5.32 Å². The molecule has 1 unspecified atom stereocenters. The summed E-state index contributed by atoms with van der Waals surface area (Å²) < 4.78 is 0. The van der Waals surface area contributed by atoms with E-state index >= 15 is 0 Å². The van der Waals surface area contributed by atoms with Crippen LogP contribution in [0.5, 0.6) is 0 Å². The molecule has 0 radical (unpaired) electrons. The van der Waals surface area contributed by atoms with Gasteiger partial charge in [0.15, 0.2) is 0 Å². The van der Waals surface area contributed by atoms with E-state index in [0.29, 0.717) is 6.04 Å². The fourth-order valence-electron chi connectivity index (χ4n) is 2.51. The first-order valence-electron chi connectivity index (χ1n) is 7.82. The summed E-state index contributed by atoms with van der Waals surface area (Å²) in [5, 5.41) is 4.48. The van der Waals surface area contributed by atoms with Crippen LogP contribution < -0.4 is 5.32 Å². The molecular formula is C19H24ClN. The van der Waals surface area contributed by atoms with Crippen LogP contribution in [0.2, 0.25) is 5.02 Å². The van der Waals surface area contributed by atoms with Gasteiger partial charge in [-0.2, -0.15) is 0 Å². The van der Waals surface area contributed by atoms with Crippen LogP contribution in [-0.4, -0.2) is 0 Å². The van der Waals surface area contributed by atoms with Crippen LogP contribution in [0.1, 0.15) is 49.8 Å². The lowest BCUT2D eigenvalue weighted by Gasteiger charge is -2.19. The van der Waals surface area contributed by atoms with Gasteiger partial charge in [0.2, 0.25) is 0 Å². The van der Waals surface area contributed by atoms with Crippen LogP contribution >= 0.6 is 11.6 Å². The summed E-state index contributed by atoms with van der Waals surface area (Å²) in [5.74, 6) is 0. The second kappa shape index (κ2) is 8.86. The van der Waals surface area contributed by atoms with Gasteiger partial charge in [0.25, 0.3) is 0 Å². The minimum Gasteiger partial charge on any atom is -0.306 e. The third-order valence-electron chi connectivity index (χ3n) is 3.76. The Bertz CT molecular complexity index is 507. The average Bonchev–Trinajstić information content (AvgIpc) is 2.53. The molecule has 0 aliphatic rings. The second-order valence-electron chi connectivity index (χ2n) is 5.47. The Hall–Kier alpha value is -1.31. The normalized spacial score (nSPS) is 12.3. The highest BCUT2D eigenvalue weighted by atomic mass is 35.5. The van der Waals surface area contributed by atoms with Crippen molar-refractivity contribution in [3.63, 3.8) is 0 Å². The molecule has 1 N–H and O–H groups in total. The molecule has 0 bridgehead atoms. The molecule has 0 saturated heterocycles. The Morgan fingerprint density at radius 3 is 2.33 bits per heavy atom. The van der Waals surface area contributed by atoms with E-state index in [4.69, 9.17) is 11.6 Å². The van der Waals surface area contributed by atoms with Crippen molar-refractivity contribution in [2.75, 3.05) is 0 Å². The van der Waals surface area contributed by atoms with Gasteiger partial charge in [-0.05, 0) is 29.7 Å². The maximum atomic E-state index is 5.93. The molecule has 1 atom stereocenters. The Labute approximate surface area is 133 Å². The molecule has 21 heavy (non-hydrogen) atoms. The molecule has 112 valence electrons. The number of hydrogen-bond donors (Lipinski definition) is 1. The van der Waals surface area contributed by atoms with Crippen LogP contribution in [0.3, 0.4) is 0 Å². The van der Waals surface area contributed by atoms with Crippen molar-refractivity contribution in [2.45, 2.75) is 45.2 Å². The smallest absolute Gasteiger partial charge is 0.0406 e. The zero-order chi connectivity index (χ0) is 14.9. The first kappa shape index (κ1) is 16.1. The summed E-state index contributed by atoms with van der Waals surface area (Å²) in [6, 6.07) is 19.2. The van der Waals surface area contributed by atoms with E-state index in [2.05, 4.69) is 54.7 Å². The van der Waals surface area contributed by atoms with Crippen molar-refractivity contribution in [1.29, 1.82) is 0 Å². The minimum absolute atomic E-state index is 0.424. The molecular weight excluding hydrogens is 278 g/mol. The van der Waals surface area contributed by atoms with Gasteiger partial charge >= 0.3 is 0 Å². The van der Waals surface area contributed by atoms with E-state index in [1.165, 1.54) is 36.8 Å². The Morgan fingerprint density at radius 1 is 0.952 bits per heavy atom. The standard InChI is InChI=1S/C19H24ClN/c1-2-3-5-10-19(17-8-6-4-7-9-17)21-15-16-11-13-18(20)14-12-16/h4,6-9,11-14,19,21H,2-3,5,10,15H2,1H3. The Morgan fingerprint density at radius 2 is 1.67 bits per heavy atom. The first-order valence-corrected chi connectivity index (χ1v) is 8.20. The quantitative estimate of drug-likeness (QED) is 0.612. The summed E-state index contributed by atoms with van der Waals surface area (Å²) in [5.41, 5.74) is 2.65. The number of nitrogens with one attached hydrogen (secondary N) is 1. The SMILES string of the molecule is CCCCCC(NCc1ccc(Cl)cc1)c1ccccc1. The highest BCUT2D eigenvalue weighted by Crippen LogP contribution is 2.20. The molecule has 0 aliphatic heterocycles. The molecule has 0 aliphatic carbocycles. The molecule has 0 amide bonds. The maximum Gasteiger partial charge on any atom is 0.0406 e. The van der Waals surface area contributed by atoms with Crippen LogP contribution in [0.25, 0.3) is 0 Å². The monoisotopic (exact) mass is 301 g/mol. The van der Waals surface area contributed by atoms with Gasteiger partial charge in [0.05, 0.1) is 0 Å². The largest absolute Gasteiger partial charge is 0.306 e. The van der Waals surface area contributed by atoms with Gasteiger partial charge in [-0.3, -0.25) is 0 Å². The van der Waals surface area contributed by atoms with Gasteiger partial charge in [-0.25, -0.2) is 0 Å². The zero-order valence-corrected chi connectivity index (χ0v) is 13.4. The van der Waals surface area contributed by atoms with E-state index < -0.39 is 0 Å². The number of hydrogen-bond acceptors (Lipinski definition) is 1. The van der Waals surface area contributed by atoms with E-state index in [1.54, 1.807) is 0 Å². The van der Waals surface area contributed by atoms with E-state index in [9.17, 15) is 0 Å². The number of halogens is 1. The number of benzene rings is 2. The lowest BCUT2D eigenvalue weighted by Crippen LogP contribution is -2.21. The van der Waals surface area contributed by atoms with E-state index in [1.807, 2.05) is 12.1 Å². The molecule has 0 heterocycles. The van der Waals surface area contributed by atoms with Gasteiger partial charge in [0, 0.05) is 17.6 Å². The fourth-order valence-corrected chi connectivity index (χ4v) is 2.64. The lowest BCUT2D eigenvalue weighted by molar-refractivity contribution is 0.473. The van der Waals surface area contributed by atoms with Crippen molar-refractivity contribution in [3.8, 4) is 0 Å². The highest BCUT2D eigenvalue weighted by Gasteiger charge is 2.10. The predicted molar refractivity (Wildman–Crippen MR) is 91.6 cm³/mol. The summed E-state index contributed by atoms with van der Waals surface area (Å²) in [6.45, 7) is 3.13. The molecule has 0 saturated carbocycles. The van der Waals surface area contributed by atoms with Gasteiger partial charge in [-0.1, -0.05) is 80.3 Å². The van der Waals surface area contributed by atoms with Crippen molar-refractivity contribution in [2.24, 2.45) is 0 Å². The Kier molecular flexibility index (Phi) is 6.78. The molecule has 0 spiro atoms. The van der Waals surface area contributed by atoms with Crippen LogP contribution in [0, 0.1) is 0 Å². The highest BCUT2D eigenvalue weighted by molar-refractivity contribution is 6.30. The zero-order valence-electron chi connectivity index (χ0n) is 12.7. The summed E-state index contributed by atoms with van der Waals surface area (Å²) >= 11 is 5.93. The van der Waals surface area contributed by atoms with Gasteiger partial charge in [0.1, 0.15) is 0 Å². The minimum atomic E-state index is 0.424. The van der Waals surface area contributed by atoms with Crippen LogP contribution in [-0.2, 0) is 6.54 Å². The van der Waals surface area contributed by atoms with Crippen LogP contribution in [0.4, 0.5) is 0 Å². The molecule has 2 aromatic carbocycles. The predicted octanol–water partition coefficient (Wildman–Crippen LogP) is 5.75. The second-order valence-corrected chi connectivity index (χ2v) is 5.90. The molecule has 0 aromatic heterocycles. The average molecular weight is 302 g/mol. The first-order chi connectivity index (χ1) is 10.3. The molecule has 1 nitrogen and oxygen atoms in total. The topological polar surface area (TPSA) is 12.0 Å². The van der Waals surface area contributed by atoms with Crippen LogP contribution in [0.15, 0.2) is 54.6 Å². The van der Waals surface area contributed by atoms with Gasteiger partial charge in [-0.15, -0.1) is 0 Å². The van der Waals surface area contributed by atoms with E-state index in [-0.39, 0.29) is 0 Å². The summed E-state index contributed by atoms with van der Waals surface area (Å²) in [7, 11) is 0. The van der Waals surface area contributed by atoms with E-state index in [0.717, 1.165) is 11.6 Å². The fraction of sp³-hybridized carbons (Fsp3) is 0.368. The molecule has 0 fully saturated rings. The molecule has 2 aromatic rings. The maximum absolute atomic E-state index is 5.93. The van der Waals surface area contributed by atoms with Crippen molar-refractivity contribution < 1.29 is 0 Å². The lowest BCUT2D eigenvalue weighted by atomic mass is 10.00. The summed E-state index contributed by atoms with van der Waals surface area (Å²) in [4.78, 5) is 0. The van der Waals surface area contributed by atoms with Crippen molar-refractivity contribution >= 4 is 11.6 Å².